The highest BCUT2D eigenvalue weighted by Gasteiger charge is 2.14. The molecule has 0 aromatic rings. The maximum Gasteiger partial charge on any atom is 0.321 e. The fourth-order valence-corrected chi connectivity index (χ4v) is 0.275. The third-order valence-electron chi connectivity index (χ3n) is 0.712. The SMILES string of the molecule is N[C@@H](CC(=O)O)C(=O)O.O.O.[Mg]. The Morgan fingerprint density at radius 3 is 1.67 bits per heavy atom. The quantitative estimate of drug-likeness (QED) is 0.402. The molecule has 8 N–H and O–H groups in total. The molecule has 70 valence electrons. The summed E-state index contributed by atoms with van der Waals surface area (Å²) in [6.45, 7) is 0. The van der Waals surface area contributed by atoms with Gasteiger partial charge in [0.15, 0.2) is 0 Å². The monoisotopic (exact) mass is 193 g/mol. The van der Waals surface area contributed by atoms with Crippen LogP contribution in [-0.4, -0.2) is 62.2 Å². The van der Waals surface area contributed by atoms with Crippen molar-refractivity contribution in [2.24, 2.45) is 5.73 Å². The van der Waals surface area contributed by atoms with Crippen LogP contribution in [0.4, 0.5) is 0 Å². The first-order chi connectivity index (χ1) is 4.04. The van der Waals surface area contributed by atoms with Crippen LogP contribution >= 0.6 is 0 Å². The Labute approximate surface area is 84.3 Å². The van der Waals surface area contributed by atoms with Gasteiger partial charge in [-0.25, -0.2) is 0 Å². The van der Waals surface area contributed by atoms with Gasteiger partial charge < -0.3 is 26.9 Å². The maximum absolute atomic E-state index is 9.85. The molecular weight excluding hydrogens is 182 g/mol. The lowest BCUT2D eigenvalue weighted by molar-refractivity contribution is -0.144. The number of rotatable bonds is 3. The zero-order valence-electron chi connectivity index (χ0n) is 6.28. The normalized spacial score (nSPS) is 9.42. The van der Waals surface area contributed by atoms with Crippen molar-refractivity contribution in [3.05, 3.63) is 0 Å². The van der Waals surface area contributed by atoms with E-state index < -0.39 is 24.4 Å². The van der Waals surface area contributed by atoms with E-state index in [1.54, 1.807) is 0 Å². The summed E-state index contributed by atoms with van der Waals surface area (Å²) in [5.74, 6) is -2.50. The summed E-state index contributed by atoms with van der Waals surface area (Å²) in [7, 11) is 0. The van der Waals surface area contributed by atoms with E-state index in [4.69, 9.17) is 15.9 Å². The van der Waals surface area contributed by atoms with Gasteiger partial charge in [0.25, 0.3) is 0 Å². The second kappa shape index (κ2) is 10.6. The molecule has 7 nitrogen and oxygen atoms in total. The molecule has 0 fully saturated rings. The summed E-state index contributed by atoms with van der Waals surface area (Å²) in [4.78, 5) is 19.6. The van der Waals surface area contributed by atoms with Gasteiger partial charge in [0, 0.05) is 23.1 Å². The lowest BCUT2D eigenvalue weighted by Crippen LogP contribution is -2.32. The summed E-state index contributed by atoms with van der Waals surface area (Å²) in [5.41, 5.74) is 4.84. The molecule has 0 aliphatic heterocycles. The minimum absolute atomic E-state index is 0. The number of nitrogens with two attached hydrogens (primary N) is 1. The number of aliphatic carboxylic acids is 2. The van der Waals surface area contributed by atoms with Gasteiger partial charge in [0.05, 0.1) is 6.42 Å². The summed E-state index contributed by atoms with van der Waals surface area (Å²) in [6, 6.07) is -1.29. The van der Waals surface area contributed by atoms with Crippen LogP contribution in [0.15, 0.2) is 0 Å². The van der Waals surface area contributed by atoms with Crippen molar-refractivity contribution < 1.29 is 30.8 Å². The van der Waals surface area contributed by atoms with Crippen LogP contribution in [0, 0.1) is 0 Å². The number of carboxylic acids is 2. The second-order valence-corrected chi connectivity index (χ2v) is 1.54. The molecular formula is C4H11MgNO6. The summed E-state index contributed by atoms with van der Waals surface area (Å²) in [5, 5.41) is 16.0. The predicted octanol–water partition coefficient (Wildman–Crippen LogP) is -3.16. The van der Waals surface area contributed by atoms with Gasteiger partial charge in [-0.15, -0.1) is 0 Å². The zero-order valence-corrected chi connectivity index (χ0v) is 7.69. The Kier molecular flexibility index (Phi) is 19.9. The zero-order chi connectivity index (χ0) is 7.44. The first-order valence-electron chi connectivity index (χ1n) is 2.24. The van der Waals surface area contributed by atoms with Crippen LogP contribution in [0.1, 0.15) is 6.42 Å². The molecule has 0 saturated carbocycles. The van der Waals surface area contributed by atoms with Gasteiger partial charge in [0.1, 0.15) is 6.04 Å². The molecule has 12 heavy (non-hydrogen) atoms. The molecule has 8 heteroatoms. The van der Waals surface area contributed by atoms with Gasteiger partial charge in [-0.2, -0.15) is 0 Å². The third-order valence-corrected chi connectivity index (χ3v) is 0.712. The number of carboxylic acid groups (broad SMARTS) is 2. The Bertz CT molecular complexity index is 140. The Morgan fingerprint density at radius 1 is 1.25 bits per heavy atom. The van der Waals surface area contributed by atoms with E-state index >= 15 is 0 Å². The smallest absolute Gasteiger partial charge is 0.321 e. The minimum Gasteiger partial charge on any atom is -0.481 e. The Balaban J connectivity index is -0.000000107. The molecule has 0 heterocycles. The van der Waals surface area contributed by atoms with Crippen LogP contribution in [0.25, 0.3) is 0 Å². The van der Waals surface area contributed by atoms with E-state index in [-0.39, 0.29) is 34.0 Å². The predicted molar refractivity (Wildman–Crippen MR) is 40.8 cm³/mol. The second-order valence-electron chi connectivity index (χ2n) is 1.54. The largest absolute Gasteiger partial charge is 0.481 e. The van der Waals surface area contributed by atoms with Crippen molar-refractivity contribution in [2.45, 2.75) is 12.5 Å². The van der Waals surface area contributed by atoms with Gasteiger partial charge in [-0.05, 0) is 0 Å². The average molecular weight is 193 g/mol. The average Bonchev–Trinajstić information content (AvgIpc) is 1.63. The van der Waals surface area contributed by atoms with Crippen molar-refractivity contribution in [2.75, 3.05) is 0 Å². The fourth-order valence-electron chi connectivity index (χ4n) is 0.275. The number of hydrogen-bond acceptors (Lipinski definition) is 3. The standard InChI is InChI=1S/C4H7NO4.Mg.2H2O/c5-2(4(8)9)1-3(6)7;;;/h2H,1,5H2,(H,6,7)(H,8,9);;2*1H2/t2-;;;/m0.../s1. The van der Waals surface area contributed by atoms with E-state index in [0.29, 0.717) is 0 Å². The van der Waals surface area contributed by atoms with Crippen LogP contribution in [0.3, 0.4) is 0 Å². The van der Waals surface area contributed by atoms with Crippen LogP contribution in [0.5, 0.6) is 0 Å². The molecule has 0 aliphatic rings. The Morgan fingerprint density at radius 2 is 1.58 bits per heavy atom. The van der Waals surface area contributed by atoms with E-state index in [0.717, 1.165) is 0 Å². The molecule has 0 saturated heterocycles. The van der Waals surface area contributed by atoms with Crippen molar-refractivity contribution in [1.29, 1.82) is 0 Å². The summed E-state index contributed by atoms with van der Waals surface area (Å²) >= 11 is 0. The lowest BCUT2D eigenvalue weighted by atomic mass is 10.2. The lowest BCUT2D eigenvalue weighted by Gasteiger charge is -1.99. The minimum atomic E-state index is -1.29. The van der Waals surface area contributed by atoms with Gasteiger partial charge in [-0.1, -0.05) is 0 Å². The first-order valence-corrected chi connectivity index (χ1v) is 2.24. The van der Waals surface area contributed by atoms with Gasteiger partial charge >= 0.3 is 11.9 Å². The van der Waals surface area contributed by atoms with Gasteiger partial charge in [0.2, 0.25) is 0 Å². The highest BCUT2D eigenvalue weighted by Crippen LogP contribution is 1.86. The van der Waals surface area contributed by atoms with E-state index in [9.17, 15) is 9.59 Å². The van der Waals surface area contributed by atoms with Crippen molar-refractivity contribution in [3.63, 3.8) is 0 Å². The molecule has 0 bridgehead atoms. The third kappa shape index (κ3) is 12.3. The molecule has 2 radical (unpaired) electrons. The van der Waals surface area contributed by atoms with Crippen molar-refractivity contribution >= 4 is 35.0 Å². The molecule has 0 aromatic carbocycles. The highest BCUT2D eigenvalue weighted by molar-refractivity contribution is 5.80. The molecule has 1 atom stereocenters. The molecule has 0 unspecified atom stereocenters. The molecule has 0 aliphatic carbocycles. The molecule has 0 amide bonds. The maximum atomic E-state index is 9.85. The topological polar surface area (TPSA) is 164 Å². The van der Waals surface area contributed by atoms with Crippen LogP contribution in [-0.2, 0) is 9.59 Å². The summed E-state index contributed by atoms with van der Waals surface area (Å²) < 4.78 is 0. The molecule has 0 rings (SSSR count). The fraction of sp³-hybridized carbons (Fsp3) is 0.500. The number of hydrogen-bond donors (Lipinski definition) is 3. The van der Waals surface area contributed by atoms with Crippen molar-refractivity contribution in [1.82, 2.24) is 0 Å². The Hall–Kier alpha value is -0.414. The van der Waals surface area contributed by atoms with Crippen LogP contribution in [0.2, 0.25) is 0 Å². The van der Waals surface area contributed by atoms with Crippen LogP contribution < -0.4 is 5.73 Å². The van der Waals surface area contributed by atoms with E-state index in [1.807, 2.05) is 0 Å². The first kappa shape index (κ1) is 22.6. The highest BCUT2D eigenvalue weighted by atomic mass is 24.3. The molecule has 0 aromatic heterocycles. The van der Waals surface area contributed by atoms with E-state index in [2.05, 4.69) is 0 Å². The number of carbonyl (C=O) groups is 2. The van der Waals surface area contributed by atoms with E-state index in [1.165, 1.54) is 0 Å². The summed E-state index contributed by atoms with van der Waals surface area (Å²) in [6.07, 6.45) is -0.532. The van der Waals surface area contributed by atoms with Gasteiger partial charge in [-0.3, -0.25) is 9.59 Å². The van der Waals surface area contributed by atoms with Crippen molar-refractivity contribution in [3.8, 4) is 0 Å². The molecule has 0 spiro atoms.